The zero-order chi connectivity index (χ0) is 12.0. The van der Waals surface area contributed by atoms with Crippen LogP contribution in [0.5, 0.6) is 0 Å². The Morgan fingerprint density at radius 3 is 2.82 bits per heavy atom. The highest BCUT2D eigenvalue weighted by Gasteiger charge is 2.19. The van der Waals surface area contributed by atoms with Crippen molar-refractivity contribution in [3.05, 3.63) is 34.0 Å². The quantitative estimate of drug-likeness (QED) is 0.840. The van der Waals surface area contributed by atoms with Gasteiger partial charge in [-0.05, 0) is 43.4 Å². The van der Waals surface area contributed by atoms with Crippen molar-refractivity contribution >= 4 is 28.5 Å². The van der Waals surface area contributed by atoms with Gasteiger partial charge in [-0.1, -0.05) is 11.6 Å². The lowest BCUT2D eigenvalue weighted by atomic mass is 9.94. The molecule has 0 saturated carbocycles. The van der Waals surface area contributed by atoms with E-state index in [1.807, 2.05) is 6.07 Å². The summed E-state index contributed by atoms with van der Waals surface area (Å²) >= 11 is 5.96. The summed E-state index contributed by atoms with van der Waals surface area (Å²) in [5.41, 5.74) is 3.23. The van der Waals surface area contributed by atoms with Crippen LogP contribution in [-0.4, -0.2) is 11.0 Å². The molecule has 1 N–H and O–H groups in total. The third kappa shape index (κ3) is 1.53. The van der Waals surface area contributed by atoms with E-state index in [1.165, 1.54) is 0 Å². The molecule has 0 aliphatic heterocycles. The maximum Gasteiger partial charge on any atom is 0.0737 e. The standard InChI is InChI=1S/C13H12ClNO2/c14-8-5-6-10-11(12(8)13(16)17)7-3-1-2-4-9(7)15-10/h5-6,15H,1-4H2,(H,16,17)/p-1. The fraction of sp³-hybridized carbons (Fsp3) is 0.308. The first-order valence-electron chi connectivity index (χ1n) is 5.72. The van der Waals surface area contributed by atoms with Crippen LogP contribution in [-0.2, 0) is 12.8 Å². The van der Waals surface area contributed by atoms with Crippen LogP contribution in [0.3, 0.4) is 0 Å². The zero-order valence-corrected chi connectivity index (χ0v) is 9.93. The van der Waals surface area contributed by atoms with Gasteiger partial charge in [0.2, 0.25) is 0 Å². The fourth-order valence-electron chi connectivity index (χ4n) is 2.68. The van der Waals surface area contributed by atoms with Crippen LogP contribution in [0.15, 0.2) is 12.1 Å². The van der Waals surface area contributed by atoms with Gasteiger partial charge < -0.3 is 14.9 Å². The largest absolute Gasteiger partial charge is 0.545 e. The Kier molecular flexibility index (Phi) is 2.37. The van der Waals surface area contributed by atoms with Crippen LogP contribution in [0.25, 0.3) is 10.9 Å². The second-order valence-corrected chi connectivity index (χ2v) is 4.83. The van der Waals surface area contributed by atoms with Crippen LogP contribution >= 0.6 is 11.6 Å². The number of aryl methyl sites for hydroxylation is 2. The van der Waals surface area contributed by atoms with Crippen molar-refractivity contribution in [1.82, 2.24) is 4.98 Å². The van der Waals surface area contributed by atoms with Crippen molar-refractivity contribution in [1.29, 1.82) is 0 Å². The third-order valence-electron chi connectivity index (χ3n) is 3.41. The van der Waals surface area contributed by atoms with Crippen molar-refractivity contribution in [2.24, 2.45) is 0 Å². The van der Waals surface area contributed by atoms with Gasteiger partial charge in [0.25, 0.3) is 0 Å². The maximum absolute atomic E-state index is 11.2. The number of hydrogen-bond acceptors (Lipinski definition) is 2. The molecule has 0 fully saturated rings. The van der Waals surface area contributed by atoms with Gasteiger partial charge >= 0.3 is 0 Å². The Labute approximate surface area is 103 Å². The number of carbonyl (C=O) groups excluding carboxylic acids is 1. The number of carboxylic acids is 1. The molecule has 2 aromatic rings. The Balaban J connectivity index is 2.40. The highest BCUT2D eigenvalue weighted by atomic mass is 35.5. The highest BCUT2D eigenvalue weighted by Crippen LogP contribution is 2.34. The summed E-state index contributed by atoms with van der Waals surface area (Å²) in [5, 5.41) is 12.2. The second kappa shape index (κ2) is 3.77. The van der Waals surface area contributed by atoms with Crippen molar-refractivity contribution in [3.8, 4) is 0 Å². The Morgan fingerprint density at radius 1 is 1.29 bits per heavy atom. The summed E-state index contributed by atoms with van der Waals surface area (Å²) in [5.74, 6) is -1.20. The molecule has 0 saturated heterocycles. The van der Waals surface area contributed by atoms with Gasteiger partial charge in [-0.15, -0.1) is 0 Å². The molecule has 17 heavy (non-hydrogen) atoms. The molecule has 0 amide bonds. The molecule has 1 aromatic heterocycles. The molecule has 1 aromatic carbocycles. The number of benzene rings is 1. The molecule has 88 valence electrons. The van der Waals surface area contributed by atoms with E-state index in [9.17, 15) is 9.90 Å². The molecule has 0 bridgehead atoms. The first-order valence-corrected chi connectivity index (χ1v) is 6.09. The average Bonchev–Trinajstić information content (AvgIpc) is 2.67. The number of rotatable bonds is 1. The smallest absolute Gasteiger partial charge is 0.0737 e. The SMILES string of the molecule is O=C([O-])c1c(Cl)ccc2[nH]c3c(c12)CCCC3. The minimum atomic E-state index is -1.20. The number of aromatic carboxylic acids is 1. The van der Waals surface area contributed by atoms with E-state index in [0.29, 0.717) is 0 Å². The summed E-state index contributed by atoms with van der Waals surface area (Å²) in [4.78, 5) is 14.5. The summed E-state index contributed by atoms with van der Waals surface area (Å²) in [7, 11) is 0. The van der Waals surface area contributed by atoms with E-state index >= 15 is 0 Å². The Morgan fingerprint density at radius 2 is 2.06 bits per heavy atom. The minimum absolute atomic E-state index is 0.128. The molecule has 1 aliphatic carbocycles. The first kappa shape index (κ1) is 10.7. The number of halogens is 1. The molecule has 4 heteroatoms. The van der Waals surface area contributed by atoms with E-state index < -0.39 is 5.97 Å². The molecule has 3 nitrogen and oxygen atoms in total. The fourth-order valence-corrected chi connectivity index (χ4v) is 2.91. The molecular formula is C13H11ClNO2-. The van der Waals surface area contributed by atoms with Crippen molar-refractivity contribution < 1.29 is 9.90 Å². The lowest BCUT2D eigenvalue weighted by Crippen LogP contribution is -2.23. The summed E-state index contributed by atoms with van der Waals surface area (Å²) in [6.07, 6.45) is 4.14. The molecule has 0 radical (unpaired) electrons. The molecule has 0 atom stereocenters. The van der Waals surface area contributed by atoms with Crippen LogP contribution in [0.4, 0.5) is 0 Å². The van der Waals surface area contributed by atoms with Crippen LogP contribution in [0, 0.1) is 0 Å². The Bertz CT molecular complexity index is 615. The van der Waals surface area contributed by atoms with E-state index in [1.54, 1.807) is 6.07 Å². The zero-order valence-electron chi connectivity index (χ0n) is 9.18. The number of carbonyl (C=O) groups is 1. The topological polar surface area (TPSA) is 55.9 Å². The molecule has 1 heterocycles. The number of carboxylic acid groups (broad SMARTS) is 1. The number of aromatic nitrogens is 1. The normalized spacial score (nSPS) is 14.9. The molecular weight excluding hydrogens is 238 g/mol. The predicted molar refractivity (Wildman–Crippen MR) is 64.3 cm³/mol. The number of nitrogens with one attached hydrogen (secondary N) is 1. The van der Waals surface area contributed by atoms with E-state index in [0.717, 1.165) is 47.8 Å². The van der Waals surface area contributed by atoms with Crippen molar-refractivity contribution in [2.45, 2.75) is 25.7 Å². The van der Waals surface area contributed by atoms with Gasteiger partial charge in [-0.2, -0.15) is 0 Å². The van der Waals surface area contributed by atoms with Gasteiger partial charge in [0.15, 0.2) is 0 Å². The highest BCUT2D eigenvalue weighted by molar-refractivity contribution is 6.35. The molecule has 0 unspecified atom stereocenters. The van der Waals surface area contributed by atoms with Gasteiger partial charge in [-0.3, -0.25) is 0 Å². The minimum Gasteiger partial charge on any atom is -0.545 e. The molecule has 3 rings (SSSR count). The van der Waals surface area contributed by atoms with Crippen molar-refractivity contribution in [3.63, 3.8) is 0 Å². The second-order valence-electron chi connectivity index (χ2n) is 4.42. The number of fused-ring (bicyclic) bond motifs is 3. The molecule has 1 aliphatic rings. The average molecular weight is 249 g/mol. The lowest BCUT2D eigenvalue weighted by Gasteiger charge is -2.13. The summed E-state index contributed by atoms with van der Waals surface area (Å²) in [6, 6.07) is 3.44. The first-order chi connectivity index (χ1) is 8.18. The maximum atomic E-state index is 11.2. The van der Waals surface area contributed by atoms with Gasteiger partial charge in [0, 0.05) is 22.2 Å². The van der Waals surface area contributed by atoms with E-state index in [-0.39, 0.29) is 10.6 Å². The number of hydrogen-bond donors (Lipinski definition) is 1. The van der Waals surface area contributed by atoms with Crippen LogP contribution < -0.4 is 5.11 Å². The number of aromatic amines is 1. The van der Waals surface area contributed by atoms with Crippen LogP contribution in [0.1, 0.15) is 34.5 Å². The number of H-pyrrole nitrogens is 1. The monoisotopic (exact) mass is 248 g/mol. The van der Waals surface area contributed by atoms with Gasteiger partial charge in [-0.25, -0.2) is 0 Å². The van der Waals surface area contributed by atoms with E-state index in [2.05, 4.69) is 4.98 Å². The Hall–Kier alpha value is -1.48. The summed E-state index contributed by atoms with van der Waals surface area (Å²) < 4.78 is 0. The van der Waals surface area contributed by atoms with E-state index in [4.69, 9.17) is 11.6 Å². The predicted octanol–water partition coefficient (Wildman–Crippen LogP) is 2.06. The van der Waals surface area contributed by atoms with Crippen molar-refractivity contribution in [2.75, 3.05) is 0 Å². The lowest BCUT2D eigenvalue weighted by molar-refractivity contribution is -0.254. The van der Waals surface area contributed by atoms with Gasteiger partial charge in [0.05, 0.1) is 11.0 Å². The molecule has 0 spiro atoms. The summed E-state index contributed by atoms with van der Waals surface area (Å²) in [6.45, 7) is 0. The van der Waals surface area contributed by atoms with Crippen LogP contribution in [0.2, 0.25) is 5.02 Å². The third-order valence-corrected chi connectivity index (χ3v) is 3.73. The van der Waals surface area contributed by atoms with Gasteiger partial charge in [0.1, 0.15) is 0 Å².